The third-order valence-electron chi connectivity index (χ3n) is 8.73. The summed E-state index contributed by atoms with van der Waals surface area (Å²) in [5.41, 5.74) is 16.2. The normalized spacial score (nSPS) is 14.6. The van der Waals surface area contributed by atoms with Crippen molar-refractivity contribution in [2.75, 3.05) is 24.5 Å². The van der Waals surface area contributed by atoms with E-state index in [0.29, 0.717) is 48.1 Å². The van der Waals surface area contributed by atoms with Crippen LogP contribution < -0.4 is 37.2 Å². The smallest absolute Gasteiger partial charge is 0.312 e. The standard InChI is InChI=1S/C38H51N9O7/c1-24(2)34(37(53)44-27(23-48)12-10-19-42-38(39)54)45-32(51)21-43-35-29-14-6-7-15-30(29)47(22-26-11-4-5-13-28(26)36(35)46-40)33(52)17-9-8-16-31(50)41-20-18-25(3)49/h4-7,11,13-15,23-24,27,34,40,43H,8-10,12,16-22H2,1-3H3,(H,41,50)(H,44,53)(H,45,51)(H3,39,42,54)/b36-35-,46-40?/t27-,34-/m0/s1. The lowest BCUT2D eigenvalue weighted by atomic mass is 9.95. The number of nitrogens with two attached hydrogens (primary N) is 1. The predicted octanol–water partition coefficient (Wildman–Crippen LogP) is 2.91. The maximum atomic E-state index is 13.8. The first-order valence-electron chi connectivity index (χ1n) is 18.0. The molecule has 3 rings (SSSR count). The molecule has 16 nitrogen and oxygen atoms in total. The van der Waals surface area contributed by atoms with Crippen LogP contribution in [0.3, 0.4) is 0 Å². The number of aldehydes is 1. The molecular weight excluding hydrogens is 694 g/mol. The van der Waals surface area contributed by atoms with Gasteiger partial charge in [0.25, 0.3) is 0 Å². The number of amides is 6. The molecule has 1 aliphatic heterocycles. The molecule has 0 spiro atoms. The molecule has 290 valence electrons. The second-order valence-corrected chi connectivity index (χ2v) is 13.3. The highest BCUT2D eigenvalue weighted by Crippen LogP contribution is 2.37. The summed E-state index contributed by atoms with van der Waals surface area (Å²) in [5, 5.41) is 17.5. The van der Waals surface area contributed by atoms with Crippen LogP contribution in [0.15, 0.2) is 53.6 Å². The summed E-state index contributed by atoms with van der Waals surface area (Å²) in [4.78, 5) is 88.0. The second-order valence-electron chi connectivity index (χ2n) is 13.3. The molecule has 54 heavy (non-hydrogen) atoms. The van der Waals surface area contributed by atoms with Gasteiger partial charge in [0.1, 0.15) is 23.8 Å². The lowest BCUT2D eigenvalue weighted by molar-refractivity contribution is -0.130. The fraction of sp³-hybridized carbons (Fsp3) is 0.447. The van der Waals surface area contributed by atoms with E-state index in [2.05, 4.69) is 31.7 Å². The van der Waals surface area contributed by atoms with Crippen LogP contribution in [0, 0.1) is 11.4 Å². The first-order chi connectivity index (χ1) is 25.9. The molecule has 8 N–H and O–H groups in total. The Bertz CT molecular complexity index is 1730. The highest BCUT2D eigenvalue weighted by atomic mass is 16.2. The lowest BCUT2D eigenvalue weighted by Gasteiger charge is -2.30. The molecule has 0 aromatic heterocycles. The zero-order valence-corrected chi connectivity index (χ0v) is 31.0. The molecular formula is C38H51N9O7. The van der Waals surface area contributed by atoms with Gasteiger partial charge in [-0.2, -0.15) is 5.11 Å². The van der Waals surface area contributed by atoms with Crippen molar-refractivity contribution >= 4 is 58.8 Å². The van der Waals surface area contributed by atoms with Crippen molar-refractivity contribution < 1.29 is 33.6 Å². The number of anilines is 1. The maximum Gasteiger partial charge on any atom is 0.312 e. The lowest BCUT2D eigenvalue weighted by Crippen LogP contribution is -2.53. The number of hydrogen-bond acceptors (Lipinski definition) is 10. The summed E-state index contributed by atoms with van der Waals surface area (Å²) in [6.45, 7) is 5.36. The zero-order chi connectivity index (χ0) is 39.6. The quantitative estimate of drug-likeness (QED) is 0.0568. The number of carbonyl (C=O) groups is 7. The van der Waals surface area contributed by atoms with E-state index in [-0.39, 0.29) is 81.1 Å². The molecule has 2 aromatic carbocycles. The van der Waals surface area contributed by atoms with Gasteiger partial charge in [-0.05, 0) is 50.2 Å². The Hall–Kier alpha value is -5.93. The van der Waals surface area contributed by atoms with E-state index in [1.54, 1.807) is 55.1 Å². The van der Waals surface area contributed by atoms with E-state index in [1.807, 2.05) is 12.1 Å². The minimum atomic E-state index is -0.982. The third kappa shape index (κ3) is 12.9. The highest BCUT2D eigenvalue weighted by Gasteiger charge is 2.29. The fourth-order valence-electron chi connectivity index (χ4n) is 5.92. The van der Waals surface area contributed by atoms with Gasteiger partial charge in [-0.25, -0.2) is 10.3 Å². The molecule has 0 aliphatic carbocycles. The minimum Gasteiger partial charge on any atom is -0.374 e. The van der Waals surface area contributed by atoms with Crippen LogP contribution >= 0.6 is 0 Å². The first-order valence-corrected chi connectivity index (χ1v) is 18.0. The van der Waals surface area contributed by atoms with Crippen molar-refractivity contribution in [3.8, 4) is 0 Å². The monoisotopic (exact) mass is 745 g/mol. The molecule has 16 heteroatoms. The summed E-state index contributed by atoms with van der Waals surface area (Å²) in [7, 11) is 0. The second kappa shape index (κ2) is 21.6. The van der Waals surface area contributed by atoms with Crippen molar-refractivity contribution in [1.29, 1.82) is 5.53 Å². The number of ketones is 1. The molecule has 0 radical (unpaired) electrons. The first kappa shape index (κ1) is 42.5. The summed E-state index contributed by atoms with van der Waals surface area (Å²) in [6, 6.07) is 11.8. The van der Waals surface area contributed by atoms with Gasteiger partial charge in [0.05, 0.1) is 30.5 Å². The molecule has 0 unspecified atom stereocenters. The number of unbranched alkanes of at least 4 members (excludes halogenated alkanes) is 1. The molecule has 0 fully saturated rings. The molecule has 0 bridgehead atoms. The van der Waals surface area contributed by atoms with E-state index in [0.717, 1.165) is 5.56 Å². The van der Waals surface area contributed by atoms with Gasteiger partial charge in [-0.3, -0.25) is 24.0 Å². The topological polar surface area (TPSA) is 245 Å². The van der Waals surface area contributed by atoms with Gasteiger partial charge in [0.15, 0.2) is 0 Å². The van der Waals surface area contributed by atoms with Gasteiger partial charge in [-0.15, -0.1) is 0 Å². The van der Waals surface area contributed by atoms with E-state index in [4.69, 9.17) is 11.3 Å². The van der Waals surface area contributed by atoms with Crippen LogP contribution in [-0.4, -0.2) is 73.4 Å². The Balaban J connectivity index is 1.79. The van der Waals surface area contributed by atoms with Gasteiger partial charge in [-0.1, -0.05) is 56.3 Å². The number of rotatable bonds is 21. The average molecular weight is 746 g/mol. The van der Waals surface area contributed by atoms with Gasteiger partial charge >= 0.3 is 6.03 Å². The number of hydrogen-bond donors (Lipinski definition) is 7. The Morgan fingerprint density at radius 3 is 2.22 bits per heavy atom. The number of nitrogens with zero attached hydrogens (tertiary/aromatic N) is 2. The number of benzene rings is 2. The molecule has 0 saturated heterocycles. The maximum absolute atomic E-state index is 13.8. The number of carbonyl (C=O) groups excluding carboxylic acids is 7. The van der Waals surface area contributed by atoms with E-state index < -0.39 is 29.9 Å². The highest BCUT2D eigenvalue weighted by molar-refractivity contribution is 6.02. The molecule has 2 atom stereocenters. The van der Waals surface area contributed by atoms with Crippen LogP contribution in [0.25, 0.3) is 11.4 Å². The summed E-state index contributed by atoms with van der Waals surface area (Å²) < 4.78 is 0. The largest absolute Gasteiger partial charge is 0.374 e. The summed E-state index contributed by atoms with van der Waals surface area (Å²) in [6.07, 6.45) is 2.84. The Morgan fingerprint density at radius 2 is 1.56 bits per heavy atom. The number of Topliss-reactive ketones (excluding diaryl/α,β-unsaturated/α-hetero) is 1. The predicted molar refractivity (Wildman–Crippen MR) is 202 cm³/mol. The average Bonchev–Trinajstić information content (AvgIpc) is 3.13. The van der Waals surface area contributed by atoms with Crippen molar-refractivity contribution in [2.45, 2.75) is 84.3 Å². The Labute approximate surface area is 314 Å². The zero-order valence-electron chi connectivity index (χ0n) is 31.0. The number of fused-ring (bicyclic) bond motifs is 2. The molecule has 0 saturated carbocycles. The Morgan fingerprint density at radius 1 is 0.870 bits per heavy atom. The molecule has 1 heterocycles. The van der Waals surface area contributed by atoms with Gasteiger partial charge in [0.2, 0.25) is 23.6 Å². The SMILES string of the molecule is CC(=O)CCNC(=O)CCCCC(=O)N1Cc2ccccc2/C(N=N)=C(/NCC(=O)N[C@H](C(=O)N[C@H](C=O)CCCNC(N)=O)C(C)C)c2ccccc21. The van der Waals surface area contributed by atoms with Crippen molar-refractivity contribution in [3.05, 3.63) is 65.2 Å². The Kier molecular flexibility index (Phi) is 17.0. The van der Waals surface area contributed by atoms with Gasteiger partial charge in [0, 0.05) is 43.5 Å². The number of nitrogens with one attached hydrogen (secondary N) is 6. The van der Waals surface area contributed by atoms with E-state index >= 15 is 0 Å². The molecule has 6 amide bonds. The minimum absolute atomic E-state index is 0.00776. The van der Waals surface area contributed by atoms with E-state index in [1.165, 1.54) is 6.92 Å². The van der Waals surface area contributed by atoms with Crippen LogP contribution in [0.1, 0.15) is 82.4 Å². The van der Waals surface area contributed by atoms with Crippen LogP contribution in [0.4, 0.5) is 10.5 Å². The number of primary amides is 1. The summed E-state index contributed by atoms with van der Waals surface area (Å²) >= 11 is 0. The van der Waals surface area contributed by atoms with Crippen molar-refractivity contribution in [2.24, 2.45) is 16.8 Å². The van der Waals surface area contributed by atoms with Gasteiger partial charge < -0.3 is 42.0 Å². The fourth-order valence-corrected chi connectivity index (χ4v) is 5.92. The number of urea groups is 1. The van der Waals surface area contributed by atoms with Crippen LogP contribution in [-0.2, 0) is 35.3 Å². The molecule has 1 aliphatic rings. The van der Waals surface area contributed by atoms with Crippen LogP contribution in [0.5, 0.6) is 0 Å². The molecule has 2 aromatic rings. The van der Waals surface area contributed by atoms with Crippen molar-refractivity contribution in [3.63, 3.8) is 0 Å². The summed E-state index contributed by atoms with van der Waals surface area (Å²) in [5.74, 6) is -1.80. The van der Waals surface area contributed by atoms with Crippen LogP contribution in [0.2, 0.25) is 0 Å². The van der Waals surface area contributed by atoms with Crippen molar-refractivity contribution in [1.82, 2.24) is 26.6 Å². The number of para-hydroxylation sites is 1. The van der Waals surface area contributed by atoms with E-state index in [9.17, 15) is 33.6 Å². The third-order valence-corrected chi connectivity index (χ3v) is 8.73.